The lowest BCUT2D eigenvalue weighted by Crippen LogP contribution is -2.40. The number of terminal acetylenes is 1. The van der Waals surface area contributed by atoms with Crippen molar-refractivity contribution < 1.29 is 9.53 Å². The van der Waals surface area contributed by atoms with Gasteiger partial charge in [0.25, 0.3) is 5.91 Å². The van der Waals surface area contributed by atoms with Crippen molar-refractivity contribution >= 4 is 11.6 Å². The highest BCUT2D eigenvalue weighted by molar-refractivity contribution is 5.94. The fourth-order valence-electron chi connectivity index (χ4n) is 2.86. The second-order valence-electron chi connectivity index (χ2n) is 5.77. The minimum absolute atomic E-state index is 0.0312. The van der Waals surface area contributed by atoms with E-state index in [0.717, 1.165) is 11.3 Å². The molecule has 3 aromatic rings. The quantitative estimate of drug-likeness (QED) is 0.672. The molecule has 0 saturated carbocycles. The van der Waals surface area contributed by atoms with Gasteiger partial charge in [-0.2, -0.15) is 5.10 Å². The number of hydrogen-bond donors (Lipinski definition) is 0. The molecule has 3 heterocycles. The van der Waals surface area contributed by atoms with Crippen LogP contribution in [0, 0.1) is 12.3 Å². The number of fused-ring (bicyclic) bond motifs is 1. The topological polar surface area (TPSA) is 59.7 Å². The van der Waals surface area contributed by atoms with Crippen LogP contribution < -0.4 is 0 Å². The molecule has 0 bridgehead atoms. The molecule has 0 unspecified atom stereocenters. The highest BCUT2D eigenvalue weighted by Crippen LogP contribution is 2.20. The van der Waals surface area contributed by atoms with Crippen LogP contribution in [0.3, 0.4) is 0 Å². The maximum atomic E-state index is 12.5. The van der Waals surface area contributed by atoms with Crippen molar-refractivity contribution in [2.45, 2.75) is 0 Å². The molecule has 0 N–H and O–H groups in total. The van der Waals surface area contributed by atoms with E-state index in [9.17, 15) is 4.79 Å². The number of hydrogen-bond acceptors (Lipinski definition) is 4. The summed E-state index contributed by atoms with van der Waals surface area (Å²) in [5.74, 6) is 2.61. The maximum Gasteiger partial charge on any atom is 0.254 e. The smallest absolute Gasteiger partial charge is 0.254 e. The van der Waals surface area contributed by atoms with E-state index in [2.05, 4.69) is 16.0 Å². The molecule has 4 rings (SSSR count). The van der Waals surface area contributed by atoms with Gasteiger partial charge in [-0.25, -0.2) is 9.50 Å². The third-order valence-electron chi connectivity index (χ3n) is 4.25. The normalized spacial score (nSPS) is 14.4. The largest absolute Gasteiger partial charge is 0.378 e. The summed E-state index contributed by atoms with van der Waals surface area (Å²) in [6.07, 6.45) is 8.92. The van der Waals surface area contributed by atoms with Gasteiger partial charge in [0.1, 0.15) is 0 Å². The Morgan fingerprint density at radius 2 is 1.92 bits per heavy atom. The van der Waals surface area contributed by atoms with Gasteiger partial charge in [-0.05, 0) is 18.2 Å². The minimum Gasteiger partial charge on any atom is -0.378 e. The van der Waals surface area contributed by atoms with Crippen molar-refractivity contribution in [1.82, 2.24) is 19.5 Å². The molecule has 1 saturated heterocycles. The number of aromatic nitrogens is 3. The highest BCUT2D eigenvalue weighted by atomic mass is 16.5. The Kier molecular flexibility index (Phi) is 3.92. The van der Waals surface area contributed by atoms with E-state index in [1.807, 2.05) is 41.4 Å². The molecule has 6 nitrogen and oxygen atoms in total. The van der Waals surface area contributed by atoms with Crippen molar-refractivity contribution in [3.8, 4) is 23.6 Å². The summed E-state index contributed by atoms with van der Waals surface area (Å²) in [5.41, 5.74) is 3.68. The van der Waals surface area contributed by atoms with E-state index in [1.54, 1.807) is 10.7 Å². The molecule has 25 heavy (non-hydrogen) atoms. The molecule has 124 valence electrons. The number of ether oxygens (including phenoxy) is 1. The molecule has 6 heteroatoms. The minimum atomic E-state index is 0.0312. The van der Waals surface area contributed by atoms with Crippen LogP contribution in [-0.2, 0) is 4.74 Å². The van der Waals surface area contributed by atoms with E-state index in [1.165, 1.54) is 0 Å². The molecule has 0 aliphatic carbocycles. The first kappa shape index (κ1) is 15.4. The molecule has 0 spiro atoms. The van der Waals surface area contributed by atoms with Gasteiger partial charge >= 0.3 is 0 Å². The Labute approximate surface area is 145 Å². The molecule has 1 aliphatic rings. The van der Waals surface area contributed by atoms with E-state index in [0.29, 0.717) is 43.1 Å². The molecule has 0 atom stereocenters. The molecule has 1 aliphatic heterocycles. The van der Waals surface area contributed by atoms with E-state index < -0.39 is 0 Å². The lowest BCUT2D eigenvalue weighted by molar-refractivity contribution is 0.0303. The zero-order valence-corrected chi connectivity index (χ0v) is 13.6. The molecular formula is C19H16N4O2. The summed E-state index contributed by atoms with van der Waals surface area (Å²) in [7, 11) is 0. The third-order valence-corrected chi connectivity index (χ3v) is 4.25. The van der Waals surface area contributed by atoms with Crippen LogP contribution in [0.5, 0.6) is 0 Å². The number of rotatable bonds is 2. The van der Waals surface area contributed by atoms with Gasteiger partial charge < -0.3 is 9.64 Å². The maximum absolute atomic E-state index is 12.5. The first-order chi connectivity index (χ1) is 12.3. The number of amides is 1. The van der Waals surface area contributed by atoms with Crippen molar-refractivity contribution in [3.05, 3.63) is 53.9 Å². The van der Waals surface area contributed by atoms with E-state index in [4.69, 9.17) is 11.2 Å². The highest BCUT2D eigenvalue weighted by Gasteiger charge is 2.18. The van der Waals surface area contributed by atoms with Gasteiger partial charge in [0.05, 0.1) is 30.7 Å². The number of morpholine rings is 1. The van der Waals surface area contributed by atoms with E-state index in [-0.39, 0.29) is 5.91 Å². The van der Waals surface area contributed by atoms with Crippen LogP contribution in [-0.4, -0.2) is 51.7 Å². The van der Waals surface area contributed by atoms with Crippen LogP contribution in [0.1, 0.15) is 15.9 Å². The summed E-state index contributed by atoms with van der Waals surface area (Å²) < 4.78 is 6.93. The first-order valence-corrected chi connectivity index (χ1v) is 8.05. The number of nitrogens with zero attached hydrogens (tertiary/aromatic N) is 4. The van der Waals surface area contributed by atoms with Gasteiger partial charge in [0.2, 0.25) is 0 Å². The van der Waals surface area contributed by atoms with Crippen molar-refractivity contribution in [1.29, 1.82) is 0 Å². The lowest BCUT2D eigenvalue weighted by atomic mass is 10.1. The van der Waals surface area contributed by atoms with Gasteiger partial charge in [-0.15, -0.1) is 6.42 Å². The summed E-state index contributed by atoms with van der Waals surface area (Å²) in [4.78, 5) is 18.9. The van der Waals surface area contributed by atoms with Crippen LogP contribution in [0.15, 0.2) is 42.7 Å². The average molecular weight is 332 g/mol. The van der Waals surface area contributed by atoms with Crippen LogP contribution in [0.4, 0.5) is 0 Å². The molecule has 0 radical (unpaired) electrons. The zero-order chi connectivity index (χ0) is 17.2. The van der Waals surface area contributed by atoms with Crippen LogP contribution in [0.2, 0.25) is 0 Å². The lowest BCUT2D eigenvalue weighted by Gasteiger charge is -2.26. The Bertz CT molecular complexity index is 963. The number of benzene rings is 1. The van der Waals surface area contributed by atoms with Gasteiger partial charge in [0, 0.05) is 30.4 Å². The van der Waals surface area contributed by atoms with Crippen LogP contribution in [0.25, 0.3) is 16.9 Å². The number of carbonyl (C=O) groups is 1. The third kappa shape index (κ3) is 2.86. The molecular weight excluding hydrogens is 316 g/mol. The zero-order valence-electron chi connectivity index (χ0n) is 13.6. The van der Waals surface area contributed by atoms with Crippen LogP contribution >= 0.6 is 0 Å². The first-order valence-electron chi connectivity index (χ1n) is 8.05. The van der Waals surface area contributed by atoms with Gasteiger partial charge in [0.15, 0.2) is 5.65 Å². The molecule has 1 aromatic carbocycles. The second-order valence-corrected chi connectivity index (χ2v) is 5.77. The Hall–Kier alpha value is -3.17. The van der Waals surface area contributed by atoms with E-state index >= 15 is 0 Å². The molecule has 2 aromatic heterocycles. The summed E-state index contributed by atoms with van der Waals surface area (Å²) >= 11 is 0. The Morgan fingerprint density at radius 1 is 1.16 bits per heavy atom. The predicted octanol–water partition coefficient (Wildman–Crippen LogP) is 1.85. The Balaban J connectivity index is 1.61. The average Bonchev–Trinajstić information content (AvgIpc) is 3.10. The molecule has 1 fully saturated rings. The Morgan fingerprint density at radius 3 is 2.64 bits per heavy atom. The fraction of sp³-hybridized carbons (Fsp3) is 0.211. The fourth-order valence-corrected chi connectivity index (χ4v) is 2.86. The predicted molar refractivity (Wildman–Crippen MR) is 93.1 cm³/mol. The monoisotopic (exact) mass is 332 g/mol. The van der Waals surface area contributed by atoms with Crippen molar-refractivity contribution in [3.63, 3.8) is 0 Å². The summed E-state index contributed by atoms with van der Waals surface area (Å²) in [6.45, 7) is 2.46. The summed E-state index contributed by atoms with van der Waals surface area (Å²) in [5, 5.41) is 4.16. The van der Waals surface area contributed by atoms with Gasteiger partial charge in [-0.1, -0.05) is 18.1 Å². The van der Waals surface area contributed by atoms with Gasteiger partial charge in [-0.3, -0.25) is 4.79 Å². The van der Waals surface area contributed by atoms with Crippen molar-refractivity contribution in [2.24, 2.45) is 0 Å². The SMILES string of the molecule is C#Cc1cnn2ccc(-c3ccc(C(=O)N4CCOCC4)cc3)nc12. The standard InChI is InChI=1S/C19H16N4O2/c1-2-14-13-20-23-8-7-17(21-18(14)23)15-3-5-16(6-4-15)19(24)22-9-11-25-12-10-22/h1,3-8,13H,9-12H2. The summed E-state index contributed by atoms with van der Waals surface area (Å²) in [6, 6.07) is 9.34. The van der Waals surface area contributed by atoms with Crippen molar-refractivity contribution in [2.75, 3.05) is 26.3 Å². The second kappa shape index (κ2) is 6.38. The molecule has 1 amide bonds. The number of carbonyl (C=O) groups excluding carboxylic acids is 1.